The highest BCUT2D eigenvalue weighted by atomic mass is 35.5. The fourth-order valence-corrected chi connectivity index (χ4v) is 5.31. The largest absolute Gasteiger partial charge is 0.449 e. The van der Waals surface area contributed by atoms with E-state index in [1.165, 1.54) is 0 Å². The Morgan fingerprint density at radius 2 is 1.89 bits per heavy atom. The molecule has 0 atom stereocenters. The van der Waals surface area contributed by atoms with Crippen LogP contribution in [0, 0.1) is 43.9 Å². The molecule has 0 spiro atoms. The second-order valence-corrected chi connectivity index (χ2v) is 10.0. The second kappa shape index (κ2) is 11.0. The zero-order valence-electron chi connectivity index (χ0n) is 20.9. The number of carbonyl (C=O) groups is 1. The Hall–Kier alpha value is -3.50. The molecule has 36 heavy (non-hydrogen) atoms. The normalized spacial score (nSPS) is 17.4. The predicted molar refractivity (Wildman–Crippen MR) is 140 cm³/mol. The van der Waals surface area contributed by atoms with Crippen LogP contribution in [0.5, 0.6) is 0 Å². The maximum Gasteiger partial charge on any atom is 0.404 e. The summed E-state index contributed by atoms with van der Waals surface area (Å²) in [4.78, 5) is 13.3. The van der Waals surface area contributed by atoms with Crippen molar-refractivity contribution in [2.24, 2.45) is 17.6 Å². The van der Waals surface area contributed by atoms with Crippen LogP contribution in [0.1, 0.15) is 48.3 Å². The quantitative estimate of drug-likeness (QED) is 0.376. The van der Waals surface area contributed by atoms with Gasteiger partial charge in [-0.05, 0) is 93.7 Å². The van der Waals surface area contributed by atoms with Gasteiger partial charge in [0, 0.05) is 23.5 Å². The van der Waals surface area contributed by atoms with Gasteiger partial charge in [-0.1, -0.05) is 28.9 Å². The first-order chi connectivity index (χ1) is 17.3. The van der Waals surface area contributed by atoms with E-state index in [2.05, 4.69) is 41.2 Å². The topological polar surface area (TPSA) is 105 Å². The molecule has 2 N–H and O–H groups in total. The van der Waals surface area contributed by atoms with Crippen LogP contribution in [0.4, 0.5) is 16.2 Å². The Morgan fingerprint density at radius 3 is 2.50 bits per heavy atom. The van der Waals surface area contributed by atoms with Crippen molar-refractivity contribution in [2.75, 3.05) is 18.1 Å². The summed E-state index contributed by atoms with van der Waals surface area (Å²) in [5.41, 5.74) is 11.6. The van der Waals surface area contributed by atoms with Crippen molar-refractivity contribution in [3.8, 4) is 17.2 Å². The average molecular weight is 507 g/mol. The zero-order valence-corrected chi connectivity index (χ0v) is 21.6. The zero-order chi connectivity index (χ0) is 25.8. The van der Waals surface area contributed by atoms with Gasteiger partial charge in [0.1, 0.15) is 11.8 Å². The van der Waals surface area contributed by atoms with E-state index < -0.39 is 6.09 Å². The van der Waals surface area contributed by atoms with Crippen LogP contribution in [-0.2, 0) is 4.74 Å². The van der Waals surface area contributed by atoms with Crippen LogP contribution in [0.15, 0.2) is 40.9 Å². The third kappa shape index (κ3) is 5.66. The molecule has 1 heterocycles. The van der Waals surface area contributed by atoms with E-state index in [1.807, 2.05) is 26.0 Å². The minimum absolute atomic E-state index is 0.344. The van der Waals surface area contributed by atoms with Gasteiger partial charge in [-0.25, -0.2) is 4.79 Å². The Bertz CT molecular complexity index is 1270. The van der Waals surface area contributed by atoms with Gasteiger partial charge in [-0.15, -0.1) is 0 Å². The number of carbonyl (C=O) groups excluding carboxylic acids is 1. The highest BCUT2D eigenvalue weighted by molar-refractivity contribution is 6.32. The number of nitrogens with two attached hydrogens (primary N) is 1. The van der Waals surface area contributed by atoms with Crippen LogP contribution in [0.25, 0.3) is 11.1 Å². The molecule has 8 heteroatoms. The van der Waals surface area contributed by atoms with Crippen LogP contribution in [0.2, 0.25) is 5.02 Å². The lowest BCUT2D eigenvalue weighted by Gasteiger charge is -2.35. The molecule has 7 nitrogen and oxygen atoms in total. The molecule has 1 aromatic heterocycles. The van der Waals surface area contributed by atoms with Gasteiger partial charge in [-0.2, -0.15) is 5.26 Å². The van der Waals surface area contributed by atoms with Gasteiger partial charge in [0.2, 0.25) is 0 Å². The van der Waals surface area contributed by atoms with Crippen molar-refractivity contribution in [2.45, 2.75) is 46.5 Å². The number of hydrogen-bond donors (Lipinski definition) is 1. The fourth-order valence-electron chi connectivity index (χ4n) is 5.10. The van der Waals surface area contributed by atoms with Gasteiger partial charge in [0.15, 0.2) is 0 Å². The van der Waals surface area contributed by atoms with Gasteiger partial charge in [0.25, 0.3) is 0 Å². The number of amides is 1. The van der Waals surface area contributed by atoms with E-state index in [0.29, 0.717) is 29.0 Å². The minimum atomic E-state index is -0.713. The first-order valence-corrected chi connectivity index (χ1v) is 12.6. The SMILES string of the molecule is Cc1ccc(-c2c(C)noc2C)cc1N(C[C@H]1CC[C@H](COC(N)=O)CC1)c1ccc(C#N)c(Cl)c1. The Labute approximate surface area is 216 Å². The number of ether oxygens (including phenoxy) is 1. The molecule has 2 aromatic carbocycles. The highest BCUT2D eigenvalue weighted by Gasteiger charge is 2.26. The molecule has 4 rings (SSSR count). The van der Waals surface area contributed by atoms with Crippen molar-refractivity contribution in [1.82, 2.24) is 5.16 Å². The summed E-state index contributed by atoms with van der Waals surface area (Å²) in [6.45, 7) is 7.16. The van der Waals surface area contributed by atoms with Gasteiger partial charge in [-0.3, -0.25) is 0 Å². The van der Waals surface area contributed by atoms with Crippen LogP contribution < -0.4 is 10.6 Å². The van der Waals surface area contributed by atoms with E-state index in [-0.39, 0.29) is 0 Å². The number of anilines is 2. The lowest BCUT2D eigenvalue weighted by atomic mass is 9.82. The van der Waals surface area contributed by atoms with Gasteiger partial charge in [0.05, 0.1) is 22.9 Å². The molecule has 1 amide bonds. The van der Waals surface area contributed by atoms with Crippen molar-refractivity contribution in [3.05, 3.63) is 64.0 Å². The summed E-state index contributed by atoms with van der Waals surface area (Å²) >= 11 is 6.46. The van der Waals surface area contributed by atoms with Crippen molar-refractivity contribution in [1.29, 1.82) is 5.26 Å². The summed E-state index contributed by atoms with van der Waals surface area (Å²) in [5, 5.41) is 13.9. The molecular weight excluding hydrogens is 476 g/mol. The van der Waals surface area contributed by atoms with Crippen LogP contribution >= 0.6 is 11.6 Å². The number of nitriles is 1. The van der Waals surface area contributed by atoms with E-state index in [0.717, 1.165) is 71.7 Å². The lowest BCUT2D eigenvalue weighted by Crippen LogP contribution is -2.30. The lowest BCUT2D eigenvalue weighted by molar-refractivity contribution is 0.117. The van der Waals surface area contributed by atoms with E-state index in [9.17, 15) is 10.1 Å². The predicted octanol–water partition coefficient (Wildman–Crippen LogP) is 6.83. The molecule has 0 unspecified atom stereocenters. The van der Waals surface area contributed by atoms with Crippen molar-refractivity contribution >= 4 is 29.1 Å². The van der Waals surface area contributed by atoms with Gasteiger partial charge < -0.3 is 19.9 Å². The fraction of sp³-hybridized carbons (Fsp3) is 0.393. The summed E-state index contributed by atoms with van der Waals surface area (Å²) in [5.74, 6) is 1.58. The maximum absolute atomic E-state index is 11.0. The molecule has 3 aromatic rings. The first-order valence-electron chi connectivity index (χ1n) is 12.2. The van der Waals surface area contributed by atoms with E-state index >= 15 is 0 Å². The minimum Gasteiger partial charge on any atom is -0.449 e. The van der Waals surface area contributed by atoms with Crippen LogP contribution in [0.3, 0.4) is 0 Å². The number of benzene rings is 2. The van der Waals surface area contributed by atoms with E-state index in [4.69, 9.17) is 26.6 Å². The third-order valence-corrected chi connectivity index (χ3v) is 7.39. The molecular formula is C28H31ClN4O3. The Kier molecular flexibility index (Phi) is 7.85. The maximum atomic E-state index is 11.0. The number of aromatic nitrogens is 1. The number of rotatable bonds is 7. The van der Waals surface area contributed by atoms with Crippen molar-refractivity contribution < 1.29 is 14.1 Å². The number of halogens is 1. The standard InChI is InChI=1S/C28H31ClN4O3/c1-17-4-9-22(27-18(2)32-36-19(27)3)12-26(17)33(24-11-10-23(14-30)25(29)13-24)15-20-5-7-21(8-6-20)16-35-28(31)34/h4,9-13,20-21H,5-8,15-16H2,1-3H3,(H2,31,34)/t20-,21-. The molecule has 1 aliphatic rings. The Morgan fingerprint density at radius 1 is 1.17 bits per heavy atom. The third-order valence-electron chi connectivity index (χ3n) is 7.08. The molecule has 0 bridgehead atoms. The van der Waals surface area contributed by atoms with E-state index in [1.54, 1.807) is 6.07 Å². The molecule has 0 saturated heterocycles. The summed E-state index contributed by atoms with van der Waals surface area (Å²) < 4.78 is 10.5. The van der Waals surface area contributed by atoms with Crippen molar-refractivity contribution in [3.63, 3.8) is 0 Å². The smallest absolute Gasteiger partial charge is 0.404 e. The van der Waals surface area contributed by atoms with Crippen LogP contribution in [-0.4, -0.2) is 24.4 Å². The second-order valence-electron chi connectivity index (χ2n) is 9.60. The molecule has 0 radical (unpaired) electrons. The van der Waals surface area contributed by atoms with Gasteiger partial charge >= 0.3 is 6.09 Å². The summed E-state index contributed by atoms with van der Waals surface area (Å²) in [6, 6.07) is 14.1. The number of aryl methyl sites for hydroxylation is 3. The number of hydrogen-bond acceptors (Lipinski definition) is 6. The molecule has 1 fully saturated rings. The molecule has 1 aliphatic carbocycles. The monoisotopic (exact) mass is 506 g/mol. The summed E-state index contributed by atoms with van der Waals surface area (Å²) in [6.07, 6.45) is 3.30. The highest BCUT2D eigenvalue weighted by Crippen LogP contribution is 2.39. The molecule has 188 valence electrons. The average Bonchev–Trinajstić information content (AvgIpc) is 3.20. The first kappa shape index (κ1) is 25.6. The molecule has 1 saturated carbocycles. The summed E-state index contributed by atoms with van der Waals surface area (Å²) in [7, 11) is 0. The molecule has 0 aliphatic heterocycles. The number of primary amides is 1. The Balaban J connectivity index is 1.66. The number of nitrogens with zero attached hydrogens (tertiary/aromatic N) is 3.